The lowest BCUT2D eigenvalue weighted by Gasteiger charge is -2.23. The molecule has 0 radical (unpaired) electrons. The predicted octanol–water partition coefficient (Wildman–Crippen LogP) is 3.53. The van der Waals surface area contributed by atoms with Crippen LogP contribution >= 0.6 is 11.3 Å². The van der Waals surface area contributed by atoms with E-state index < -0.39 is 12.1 Å². The van der Waals surface area contributed by atoms with Crippen LogP contribution in [0.3, 0.4) is 0 Å². The molecule has 2 aromatic carbocycles. The van der Waals surface area contributed by atoms with E-state index in [1.54, 1.807) is 12.1 Å². The first kappa shape index (κ1) is 15.5. The summed E-state index contributed by atoms with van der Waals surface area (Å²) in [5.41, 5.74) is 3.12. The molecule has 1 amide bonds. The van der Waals surface area contributed by atoms with Gasteiger partial charge in [-0.25, -0.2) is 9.78 Å². The van der Waals surface area contributed by atoms with E-state index in [0.29, 0.717) is 17.1 Å². The average Bonchev–Trinajstić information content (AvgIpc) is 3.11. The minimum Gasteiger partial charge on any atom is -0.448 e. The van der Waals surface area contributed by atoms with Gasteiger partial charge in [0.25, 0.3) is 5.91 Å². The number of cyclic esters (lactones) is 1. The number of esters is 1. The van der Waals surface area contributed by atoms with Crippen molar-refractivity contribution in [3.63, 3.8) is 0 Å². The van der Waals surface area contributed by atoms with Gasteiger partial charge < -0.3 is 4.74 Å². The molecule has 0 fully saturated rings. The quantitative estimate of drug-likeness (QED) is 0.734. The fraction of sp³-hybridized carbons (Fsp3) is 0.105. The maximum Gasteiger partial charge on any atom is 0.339 e. The Labute approximate surface area is 148 Å². The molecule has 4 rings (SSSR count). The Balaban J connectivity index is 1.48. The van der Waals surface area contributed by atoms with Crippen LogP contribution in [0.1, 0.15) is 15.9 Å². The summed E-state index contributed by atoms with van der Waals surface area (Å²) in [5, 5.41) is 5.11. The molecule has 0 saturated heterocycles. The van der Waals surface area contributed by atoms with Gasteiger partial charge in [-0.15, -0.1) is 11.3 Å². The average molecular weight is 350 g/mol. The molecule has 1 atom stereocenters. The van der Waals surface area contributed by atoms with E-state index >= 15 is 0 Å². The molecular formula is C19H14N2O3S. The molecule has 0 spiro atoms. The molecule has 1 unspecified atom stereocenters. The van der Waals surface area contributed by atoms with E-state index in [-0.39, 0.29) is 5.91 Å². The molecule has 6 heteroatoms. The standard InChI is InChI=1S/C19H14N2O3S/c22-17(16-10-13-8-4-5-9-14(13)18(23)24-16)21-19-20-15(11-25-19)12-6-2-1-3-7-12/h1-9,11,16H,10H2,(H,20,21,22). The summed E-state index contributed by atoms with van der Waals surface area (Å²) in [6.07, 6.45) is -0.475. The van der Waals surface area contributed by atoms with Crippen LogP contribution in [0.15, 0.2) is 60.0 Å². The van der Waals surface area contributed by atoms with E-state index in [1.165, 1.54) is 11.3 Å². The van der Waals surface area contributed by atoms with Crippen LogP contribution in [0, 0.1) is 0 Å². The molecule has 1 N–H and O–H groups in total. The van der Waals surface area contributed by atoms with E-state index in [2.05, 4.69) is 10.3 Å². The van der Waals surface area contributed by atoms with Gasteiger partial charge in [-0.2, -0.15) is 0 Å². The van der Waals surface area contributed by atoms with Crippen LogP contribution in [0.5, 0.6) is 0 Å². The first-order valence-corrected chi connectivity index (χ1v) is 8.69. The number of anilines is 1. The van der Waals surface area contributed by atoms with Crippen molar-refractivity contribution in [1.29, 1.82) is 0 Å². The molecule has 124 valence electrons. The van der Waals surface area contributed by atoms with Gasteiger partial charge in [0.1, 0.15) is 0 Å². The largest absolute Gasteiger partial charge is 0.448 e. The van der Waals surface area contributed by atoms with Gasteiger partial charge in [0.15, 0.2) is 11.2 Å². The van der Waals surface area contributed by atoms with Gasteiger partial charge in [-0.3, -0.25) is 10.1 Å². The van der Waals surface area contributed by atoms with Crippen LogP contribution in [0.4, 0.5) is 5.13 Å². The number of hydrogen-bond acceptors (Lipinski definition) is 5. The van der Waals surface area contributed by atoms with Crippen LogP contribution in [-0.4, -0.2) is 23.0 Å². The summed E-state index contributed by atoms with van der Waals surface area (Å²) < 4.78 is 5.26. The number of rotatable bonds is 3. The number of hydrogen-bond donors (Lipinski definition) is 1. The second-order valence-electron chi connectivity index (χ2n) is 5.65. The number of ether oxygens (including phenoxy) is 1. The van der Waals surface area contributed by atoms with E-state index in [0.717, 1.165) is 16.8 Å². The van der Waals surface area contributed by atoms with Crippen molar-refractivity contribution in [3.8, 4) is 11.3 Å². The van der Waals surface area contributed by atoms with Crippen LogP contribution in [0.2, 0.25) is 0 Å². The zero-order valence-electron chi connectivity index (χ0n) is 13.1. The van der Waals surface area contributed by atoms with E-state index in [9.17, 15) is 9.59 Å². The van der Waals surface area contributed by atoms with Crippen molar-refractivity contribution in [2.75, 3.05) is 5.32 Å². The minimum absolute atomic E-state index is 0.364. The Morgan fingerprint density at radius 3 is 2.72 bits per heavy atom. The van der Waals surface area contributed by atoms with Gasteiger partial charge in [0.2, 0.25) is 0 Å². The number of nitrogens with one attached hydrogen (secondary N) is 1. The highest BCUT2D eigenvalue weighted by Gasteiger charge is 2.31. The molecule has 5 nitrogen and oxygen atoms in total. The second-order valence-corrected chi connectivity index (χ2v) is 6.51. The Kier molecular flexibility index (Phi) is 4.03. The first-order chi connectivity index (χ1) is 12.2. The van der Waals surface area contributed by atoms with Gasteiger partial charge in [0.05, 0.1) is 11.3 Å². The van der Waals surface area contributed by atoms with E-state index in [4.69, 9.17) is 4.74 Å². The number of carbonyl (C=O) groups excluding carboxylic acids is 2. The summed E-state index contributed by atoms with van der Waals surface area (Å²) in [6, 6.07) is 16.9. The number of amides is 1. The lowest BCUT2D eigenvalue weighted by atomic mass is 9.98. The molecule has 1 aromatic heterocycles. The molecule has 1 aliphatic rings. The maximum absolute atomic E-state index is 12.4. The third kappa shape index (κ3) is 3.16. The number of aromatic nitrogens is 1. The zero-order valence-corrected chi connectivity index (χ0v) is 14.0. The molecule has 0 bridgehead atoms. The fourth-order valence-electron chi connectivity index (χ4n) is 2.74. The number of nitrogens with zero attached hydrogens (tertiary/aromatic N) is 1. The summed E-state index contributed by atoms with van der Waals surface area (Å²) in [6.45, 7) is 0. The summed E-state index contributed by atoms with van der Waals surface area (Å²) in [7, 11) is 0. The van der Waals surface area contributed by atoms with Crippen molar-refractivity contribution < 1.29 is 14.3 Å². The molecular weight excluding hydrogens is 336 g/mol. The Hall–Kier alpha value is -2.99. The molecule has 1 aliphatic heterocycles. The minimum atomic E-state index is -0.841. The number of fused-ring (bicyclic) bond motifs is 1. The van der Waals surface area contributed by atoms with Crippen molar-refractivity contribution in [2.24, 2.45) is 0 Å². The third-order valence-corrected chi connectivity index (χ3v) is 4.75. The zero-order chi connectivity index (χ0) is 17.2. The Morgan fingerprint density at radius 1 is 1.12 bits per heavy atom. The van der Waals surface area contributed by atoms with Crippen molar-refractivity contribution in [1.82, 2.24) is 4.98 Å². The van der Waals surface area contributed by atoms with Crippen LogP contribution in [0.25, 0.3) is 11.3 Å². The lowest BCUT2D eigenvalue weighted by Crippen LogP contribution is -2.37. The Bertz CT molecular complexity index is 937. The van der Waals surface area contributed by atoms with Crippen molar-refractivity contribution >= 4 is 28.3 Å². The number of carbonyl (C=O) groups is 2. The molecule has 0 saturated carbocycles. The van der Waals surface area contributed by atoms with Crippen molar-refractivity contribution in [2.45, 2.75) is 12.5 Å². The predicted molar refractivity (Wildman–Crippen MR) is 95.5 cm³/mol. The van der Waals surface area contributed by atoms with E-state index in [1.807, 2.05) is 47.8 Å². The summed E-state index contributed by atoms with van der Waals surface area (Å²) in [4.78, 5) is 28.9. The smallest absolute Gasteiger partial charge is 0.339 e. The molecule has 3 aromatic rings. The third-order valence-electron chi connectivity index (χ3n) is 3.99. The maximum atomic E-state index is 12.4. The Morgan fingerprint density at radius 2 is 1.88 bits per heavy atom. The second kappa shape index (κ2) is 6.49. The topological polar surface area (TPSA) is 68.3 Å². The summed E-state index contributed by atoms with van der Waals surface area (Å²) >= 11 is 1.34. The molecule has 0 aliphatic carbocycles. The van der Waals surface area contributed by atoms with Gasteiger partial charge >= 0.3 is 5.97 Å². The van der Waals surface area contributed by atoms with Gasteiger partial charge in [-0.05, 0) is 11.6 Å². The molecule has 25 heavy (non-hydrogen) atoms. The highest BCUT2D eigenvalue weighted by Crippen LogP contribution is 2.26. The summed E-state index contributed by atoms with van der Waals surface area (Å²) in [5.74, 6) is -0.831. The van der Waals surface area contributed by atoms with Gasteiger partial charge in [-0.1, -0.05) is 48.5 Å². The monoisotopic (exact) mass is 350 g/mol. The molecule has 2 heterocycles. The van der Waals surface area contributed by atoms with Gasteiger partial charge in [0, 0.05) is 17.4 Å². The SMILES string of the molecule is O=C1OC(C(=O)Nc2nc(-c3ccccc3)cs2)Cc2ccccc21. The highest BCUT2D eigenvalue weighted by atomic mass is 32.1. The highest BCUT2D eigenvalue weighted by molar-refractivity contribution is 7.14. The van der Waals surface area contributed by atoms with Crippen LogP contribution < -0.4 is 5.32 Å². The normalized spacial score (nSPS) is 16.0. The lowest BCUT2D eigenvalue weighted by molar-refractivity contribution is -0.125. The number of thiazole rings is 1. The van der Waals surface area contributed by atoms with Crippen molar-refractivity contribution in [3.05, 3.63) is 71.1 Å². The number of benzene rings is 2. The first-order valence-electron chi connectivity index (χ1n) is 7.81. The van der Waals surface area contributed by atoms with Crippen LogP contribution in [-0.2, 0) is 16.0 Å². The fourth-order valence-corrected chi connectivity index (χ4v) is 3.46.